The van der Waals surface area contributed by atoms with Crippen LogP contribution in [-0.2, 0) is 11.3 Å². The Morgan fingerprint density at radius 3 is 2.52 bits per heavy atom. The number of pyridine rings is 1. The smallest absolute Gasteiger partial charge is 0.244 e. The van der Waals surface area contributed by atoms with Gasteiger partial charge in [0.05, 0.1) is 17.8 Å². The fourth-order valence-corrected chi connectivity index (χ4v) is 3.13. The number of nitrogens with zero attached hydrogens (tertiary/aromatic N) is 3. The maximum absolute atomic E-state index is 12.7. The van der Waals surface area contributed by atoms with Crippen LogP contribution in [0.3, 0.4) is 0 Å². The highest BCUT2D eigenvalue weighted by atomic mass is 16.2. The van der Waals surface area contributed by atoms with Gasteiger partial charge in [0.1, 0.15) is 11.7 Å². The number of nitrogens with one attached hydrogen (secondary N) is 1. The van der Waals surface area contributed by atoms with Gasteiger partial charge in [-0.1, -0.05) is 54.6 Å². The molecule has 0 spiro atoms. The van der Waals surface area contributed by atoms with E-state index in [1.54, 1.807) is 10.9 Å². The van der Waals surface area contributed by atoms with Crippen molar-refractivity contribution in [1.82, 2.24) is 20.1 Å². The zero-order valence-electron chi connectivity index (χ0n) is 15.0. The Kier molecular flexibility index (Phi) is 4.66. The van der Waals surface area contributed by atoms with E-state index in [-0.39, 0.29) is 5.91 Å². The molecule has 0 saturated heterocycles. The highest BCUT2D eigenvalue weighted by Gasteiger charge is 2.20. The van der Waals surface area contributed by atoms with Crippen LogP contribution in [0.4, 0.5) is 0 Å². The molecule has 2 heterocycles. The molecular formula is C22H20N4O. The first kappa shape index (κ1) is 17.0. The molecule has 0 bridgehead atoms. The van der Waals surface area contributed by atoms with Crippen molar-refractivity contribution < 1.29 is 4.79 Å². The van der Waals surface area contributed by atoms with Crippen LogP contribution in [0.25, 0.3) is 22.2 Å². The second-order valence-corrected chi connectivity index (χ2v) is 6.39. The van der Waals surface area contributed by atoms with Gasteiger partial charge in [0.25, 0.3) is 0 Å². The van der Waals surface area contributed by atoms with Crippen molar-refractivity contribution in [3.8, 4) is 11.3 Å². The van der Waals surface area contributed by atoms with Gasteiger partial charge in [-0.05, 0) is 25.1 Å². The van der Waals surface area contributed by atoms with Crippen LogP contribution in [0.15, 0.2) is 79.0 Å². The molecule has 1 amide bonds. The molecule has 1 atom stereocenters. The van der Waals surface area contributed by atoms with Gasteiger partial charge < -0.3 is 5.32 Å². The first-order valence-corrected chi connectivity index (χ1v) is 8.94. The molecule has 5 heteroatoms. The second-order valence-electron chi connectivity index (χ2n) is 6.39. The summed E-state index contributed by atoms with van der Waals surface area (Å²) in [5, 5.41) is 8.76. The molecule has 0 saturated carbocycles. The largest absolute Gasteiger partial charge is 0.349 e. The predicted octanol–water partition coefficient (Wildman–Crippen LogP) is 3.98. The van der Waals surface area contributed by atoms with Crippen molar-refractivity contribution in [3.05, 3.63) is 84.7 Å². The lowest BCUT2D eigenvalue weighted by atomic mass is 10.1. The van der Waals surface area contributed by atoms with Crippen molar-refractivity contribution in [2.24, 2.45) is 0 Å². The van der Waals surface area contributed by atoms with E-state index in [0.717, 1.165) is 27.9 Å². The molecule has 0 aliphatic carbocycles. The third kappa shape index (κ3) is 3.44. The fourth-order valence-electron chi connectivity index (χ4n) is 3.13. The van der Waals surface area contributed by atoms with E-state index in [1.165, 1.54) is 0 Å². The van der Waals surface area contributed by atoms with E-state index in [9.17, 15) is 4.79 Å². The number of aromatic nitrogens is 3. The number of benzene rings is 2. The number of hydrogen-bond acceptors (Lipinski definition) is 3. The van der Waals surface area contributed by atoms with Gasteiger partial charge in [0, 0.05) is 17.1 Å². The zero-order valence-corrected chi connectivity index (χ0v) is 15.0. The summed E-state index contributed by atoms with van der Waals surface area (Å²) in [7, 11) is 0. The molecule has 5 nitrogen and oxygen atoms in total. The number of fused-ring (bicyclic) bond motifs is 1. The monoisotopic (exact) mass is 356 g/mol. The maximum atomic E-state index is 12.7. The average Bonchev–Trinajstić information content (AvgIpc) is 3.12. The highest BCUT2D eigenvalue weighted by molar-refractivity contribution is 5.94. The summed E-state index contributed by atoms with van der Waals surface area (Å²) >= 11 is 0. The first-order valence-electron chi connectivity index (χ1n) is 8.94. The lowest BCUT2D eigenvalue weighted by Gasteiger charge is -2.13. The summed E-state index contributed by atoms with van der Waals surface area (Å²) in [4.78, 5) is 16.9. The Morgan fingerprint density at radius 2 is 1.74 bits per heavy atom. The summed E-state index contributed by atoms with van der Waals surface area (Å²) in [6.45, 7) is 2.26. The van der Waals surface area contributed by atoms with Gasteiger partial charge in [0.2, 0.25) is 5.91 Å². The average molecular weight is 356 g/mol. The third-order valence-corrected chi connectivity index (χ3v) is 4.58. The van der Waals surface area contributed by atoms with E-state index in [4.69, 9.17) is 5.10 Å². The molecule has 0 radical (unpaired) electrons. The van der Waals surface area contributed by atoms with Gasteiger partial charge in [-0.15, -0.1) is 0 Å². The Bertz CT molecular complexity index is 1060. The van der Waals surface area contributed by atoms with Crippen LogP contribution in [0.5, 0.6) is 0 Å². The fraction of sp³-hybridized carbons (Fsp3) is 0.136. The van der Waals surface area contributed by atoms with Crippen LogP contribution in [0.2, 0.25) is 0 Å². The minimum Gasteiger partial charge on any atom is -0.349 e. The van der Waals surface area contributed by atoms with Crippen molar-refractivity contribution in [2.75, 3.05) is 0 Å². The number of amides is 1. The Labute approximate surface area is 157 Å². The summed E-state index contributed by atoms with van der Waals surface area (Å²) in [6, 6.07) is 23.2. The van der Waals surface area contributed by atoms with E-state index in [0.29, 0.717) is 6.54 Å². The molecule has 4 rings (SSSR count). The molecule has 0 aliphatic rings. The number of para-hydroxylation sites is 1. The van der Waals surface area contributed by atoms with E-state index in [1.807, 2.05) is 79.7 Å². The summed E-state index contributed by atoms with van der Waals surface area (Å²) in [6.07, 6.45) is 1.72. The lowest BCUT2D eigenvalue weighted by molar-refractivity contribution is -0.124. The summed E-state index contributed by atoms with van der Waals surface area (Å²) in [5.74, 6) is -0.0893. The molecule has 1 N–H and O–H groups in total. The number of carbonyl (C=O) groups is 1. The number of carbonyl (C=O) groups excluding carboxylic acids is 1. The molecule has 27 heavy (non-hydrogen) atoms. The quantitative estimate of drug-likeness (QED) is 0.588. The van der Waals surface area contributed by atoms with Crippen molar-refractivity contribution >= 4 is 16.8 Å². The zero-order chi connectivity index (χ0) is 18.6. The highest BCUT2D eigenvalue weighted by Crippen LogP contribution is 2.29. The predicted molar refractivity (Wildman–Crippen MR) is 106 cm³/mol. The van der Waals surface area contributed by atoms with Gasteiger partial charge >= 0.3 is 0 Å². The van der Waals surface area contributed by atoms with E-state index >= 15 is 0 Å². The maximum Gasteiger partial charge on any atom is 0.244 e. The third-order valence-electron chi connectivity index (χ3n) is 4.58. The van der Waals surface area contributed by atoms with Crippen LogP contribution < -0.4 is 5.32 Å². The minimum atomic E-state index is -0.434. The summed E-state index contributed by atoms with van der Waals surface area (Å²) < 4.78 is 1.80. The van der Waals surface area contributed by atoms with Crippen molar-refractivity contribution in [2.45, 2.75) is 19.5 Å². The minimum absolute atomic E-state index is 0.0893. The molecule has 0 aliphatic heterocycles. The van der Waals surface area contributed by atoms with Gasteiger partial charge in [0.15, 0.2) is 0 Å². The molecule has 0 fully saturated rings. The SMILES string of the molecule is CC(C(=O)NCc1ccccn1)n1nc(-c2ccccc2)c2ccccc21. The van der Waals surface area contributed by atoms with Crippen molar-refractivity contribution in [3.63, 3.8) is 0 Å². The lowest BCUT2D eigenvalue weighted by Crippen LogP contribution is -2.31. The molecule has 4 aromatic rings. The topological polar surface area (TPSA) is 59.8 Å². The molecule has 134 valence electrons. The number of hydrogen-bond donors (Lipinski definition) is 1. The van der Waals surface area contributed by atoms with Crippen LogP contribution in [0, 0.1) is 0 Å². The molecule has 2 aromatic carbocycles. The first-order chi connectivity index (χ1) is 13.2. The molecule has 2 aromatic heterocycles. The summed E-state index contributed by atoms with van der Waals surface area (Å²) in [5.41, 5.74) is 3.69. The van der Waals surface area contributed by atoms with Gasteiger partial charge in [-0.2, -0.15) is 5.10 Å². The normalized spacial score (nSPS) is 12.0. The Hall–Kier alpha value is -3.47. The standard InChI is InChI=1S/C22H20N4O/c1-16(22(27)24-15-18-11-7-8-14-23-18)26-20-13-6-5-12-19(20)21(25-26)17-9-3-2-4-10-17/h2-14,16H,15H2,1H3,(H,24,27). The Morgan fingerprint density at radius 1 is 1.00 bits per heavy atom. The Balaban J connectivity index is 1.64. The van der Waals surface area contributed by atoms with E-state index < -0.39 is 6.04 Å². The van der Waals surface area contributed by atoms with Crippen LogP contribution >= 0.6 is 0 Å². The van der Waals surface area contributed by atoms with E-state index in [2.05, 4.69) is 10.3 Å². The number of rotatable bonds is 5. The van der Waals surface area contributed by atoms with Crippen molar-refractivity contribution in [1.29, 1.82) is 0 Å². The molecule has 1 unspecified atom stereocenters. The van der Waals surface area contributed by atoms with Gasteiger partial charge in [-0.25, -0.2) is 0 Å². The molecular weight excluding hydrogens is 336 g/mol. The second kappa shape index (κ2) is 7.41. The van der Waals surface area contributed by atoms with Gasteiger partial charge in [-0.3, -0.25) is 14.5 Å². The van der Waals surface area contributed by atoms with Crippen LogP contribution in [0.1, 0.15) is 18.7 Å². The van der Waals surface area contributed by atoms with Crippen LogP contribution in [-0.4, -0.2) is 20.7 Å².